The highest BCUT2D eigenvalue weighted by Crippen LogP contribution is 2.31. The van der Waals surface area contributed by atoms with Crippen molar-refractivity contribution in [1.82, 2.24) is 4.98 Å². The van der Waals surface area contributed by atoms with Crippen LogP contribution in [0.4, 0.5) is 0 Å². The summed E-state index contributed by atoms with van der Waals surface area (Å²) >= 11 is 6.03. The molecule has 0 bridgehead atoms. The summed E-state index contributed by atoms with van der Waals surface area (Å²) in [5.41, 5.74) is 0.563. The zero-order chi connectivity index (χ0) is 12.4. The van der Waals surface area contributed by atoms with Crippen LogP contribution in [0.5, 0.6) is 11.6 Å². The number of pyridine rings is 1. The van der Waals surface area contributed by atoms with Gasteiger partial charge in [-0.15, -0.1) is 0 Å². The number of aromatic nitrogens is 1. The monoisotopic (exact) mass is 251 g/mol. The minimum atomic E-state index is 0.135. The molecule has 0 unspecified atom stereocenters. The predicted molar refractivity (Wildman–Crippen MR) is 68.8 cm³/mol. The summed E-state index contributed by atoms with van der Waals surface area (Å²) in [6.45, 7) is 4.66. The molecule has 1 aromatic heterocycles. The quantitative estimate of drug-likeness (QED) is 0.906. The summed E-state index contributed by atoms with van der Waals surface area (Å²) in [5.74, 6) is 0.939. The van der Waals surface area contributed by atoms with Gasteiger partial charge in [0.1, 0.15) is 5.75 Å². The van der Waals surface area contributed by atoms with Crippen molar-refractivity contribution in [3.63, 3.8) is 0 Å². The Labute approximate surface area is 105 Å². The molecule has 0 radical (unpaired) electrons. The zero-order valence-corrected chi connectivity index (χ0v) is 10.5. The lowest BCUT2D eigenvalue weighted by Crippen LogP contribution is -2.05. The first-order valence-electron chi connectivity index (χ1n) is 5.49. The molecule has 0 atom stereocenters. The van der Waals surface area contributed by atoms with Crippen molar-refractivity contribution in [2.45, 2.75) is 13.8 Å². The smallest absolute Gasteiger partial charge is 0.217 e. The normalized spacial score (nSPS) is 11.1. The van der Waals surface area contributed by atoms with E-state index >= 15 is 0 Å². The molecule has 3 nitrogen and oxygen atoms in total. The van der Waals surface area contributed by atoms with E-state index in [0.29, 0.717) is 34.3 Å². The van der Waals surface area contributed by atoms with Gasteiger partial charge in [-0.2, -0.15) is 0 Å². The Hall–Kier alpha value is -1.48. The fraction of sp³-hybridized carbons (Fsp3) is 0.308. The van der Waals surface area contributed by atoms with Gasteiger partial charge < -0.3 is 9.84 Å². The third kappa shape index (κ3) is 2.61. The Kier molecular flexibility index (Phi) is 3.38. The average molecular weight is 252 g/mol. The van der Waals surface area contributed by atoms with Gasteiger partial charge in [0.25, 0.3) is 0 Å². The Morgan fingerprint density at radius 1 is 1.41 bits per heavy atom. The number of para-hydroxylation sites is 1. The van der Waals surface area contributed by atoms with E-state index in [0.717, 1.165) is 0 Å². The Bertz CT molecular complexity index is 540. The maximum Gasteiger partial charge on any atom is 0.217 e. The number of nitrogens with zero attached hydrogens (tertiary/aromatic N) is 1. The highest BCUT2D eigenvalue weighted by atomic mass is 35.5. The molecule has 17 heavy (non-hydrogen) atoms. The van der Waals surface area contributed by atoms with Gasteiger partial charge in [0.15, 0.2) is 0 Å². The molecule has 2 aromatic rings. The number of fused-ring (bicyclic) bond motifs is 1. The predicted octanol–water partition coefficient (Wildman–Crippen LogP) is 3.63. The molecule has 0 fully saturated rings. The average Bonchev–Trinajstić information content (AvgIpc) is 2.28. The van der Waals surface area contributed by atoms with E-state index in [1.165, 1.54) is 6.07 Å². The number of aromatic hydroxyl groups is 1. The van der Waals surface area contributed by atoms with E-state index in [4.69, 9.17) is 16.3 Å². The van der Waals surface area contributed by atoms with Gasteiger partial charge in [0.05, 0.1) is 17.1 Å². The van der Waals surface area contributed by atoms with Gasteiger partial charge in [-0.05, 0) is 18.1 Å². The van der Waals surface area contributed by atoms with Gasteiger partial charge in [-0.25, -0.2) is 4.98 Å². The van der Waals surface area contributed by atoms with E-state index in [1.54, 1.807) is 18.2 Å². The van der Waals surface area contributed by atoms with Gasteiger partial charge in [0.2, 0.25) is 5.88 Å². The molecule has 1 N–H and O–H groups in total. The summed E-state index contributed by atoms with van der Waals surface area (Å²) in [4.78, 5) is 4.29. The third-order valence-electron chi connectivity index (χ3n) is 2.31. The van der Waals surface area contributed by atoms with Crippen LogP contribution in [-0.2, 0) is 0 Å². The second-order valence-electron chi connectivity index (χ2n) is 4.32. The number of benzene rings is 1. The van der Waals surface area contributed by atoms with Crippen molar-refractivity contribution in [3.8, 4) is 11.6 Å². The molecular formula is C13H14ClNO2. The minimum Gasteiger partial charge on any atom is -0.507 e. The molecule has 0 aliphatic carbocycles. The highest BCUT2D eigenvalue weighted by Gasteiger charge is 2.08. The molecule has 4 heteroatoms. The highest BCUT2D eigenvalue weighted by molar-refractivity contribution is 6.35. The number of rotatable bonds is 3. The molecule has 90 valence electrons. The van der Waals surface area contributed by atoms with Crippen LogP contribution in [0.25, 0.3) is 10.9 Å². The molecule has 0 spiro atoms. The van der Waals surface area contributed by atoms with Crippen molar-refractivity contribution in [3.05, 3.63) is 29.3 Å². The second kappa shape index (κ2) is 4.80. The van der Waals surface area contributed by atoms with Crippen LogP contribution in [0.2, 0.25) is 5.02 Å². The van der Waals surface area contributed by atoms with E-state index in [2.05, 4.69) is 4.98 Å². The van der Waals surface area contributed by atoms with Crippen LogP contribution >= 0.6 is 11.6 Å². The van der Waals surface area contributed by atoms with E-state index in [1.807, 2.05) is 13.8 Å². The van der Waals surface area contributed by atoms with Crippen LogP contribution in [0.1, 0.15) is 13.8 Å². The minimum absolute atomic E-state index is 0.135. The molecule has 0 amide bonds. The van der Waals surface area contributed by atoms with Crippen molar-refractivity contribution < 1.29 is 9.84 Å². The van der Waals surface area contributed by atoms with E-state index < -0.39 is 0 Å². The molecule has 0 saturated carbocycles. The first-order chi connectivity index (χ1) is 8.08. The number of ether oxygens (including phenoxy) is 1. The number of hydrogen-bond acceptors (Lipinski definition) is 3. The summed E-state index contributed by atoms with van der Waals surface area (Å²) in [7, 11) is 0. The van der Waals surface area contributed by atoms with Crippen molar-refractivity contribution in [2.75, 3.05) is 6.61 Å². The van der Waals surface area contributed by atoms with Crippen molar-refractivity contribution in [2.24, 2.45) is 5.92 Å². The van der Waals surface area contributed by atoms with Crippen LogP contribution in [0.3, 0.4) is 0 Å². The van der Waals surface area contributed by atoms with Crippen LogP contribution < -0.4 is 4.74 Å². The van der Waals surface area contributed by atoms with Crippen molar-refractivity contribution in [1.29, 1.82) is 0 Å². The fourth-order valence-electron chi connectivity index (χ4n) is 1.50. The second-order valence-corrected chi connectivity index (χ2v) is 4.73. The first-order valence-corrected chi connectivity index (χ1v) is 5.86. The lowest BCUT2D eigenvalue weighted by atomic mass is 10.2. The fourth-order valence-corrected chi connectivity index (χ4v) is 1.72. The maximum atomic E-state index is 9.86. The van der Waals surface area contributed by atoms with Gasteiger partial charge in [0, 0.05) is 11.5 Å². The first kappa shape index (κ1) is 12.0. The van der Waals surface area contributed by atoms with Gasteiger partial charge in [-0.1, -0.05) is 31.5 Å². The van der Waals surface area contributed by atoms with Crippen LogP contribution in [-0.4, -0.2) is 16.7 Å². The summed E-state index contributed by atoms with van der Waals surface area (Å²) in [5, 5.41) is 11.0. The molecule has 2 rings (SSSR count). The Morgan fingerprint density at radius 3 is 2.88 bits per heavy atom. The van der Waals surface area contributed by atoms with E-state index in [-0.39, 0.29) is 5.75 Å². The number of hydrogen-bond donors (Lipinski definition) is 1. The standard InChI is InChI=1S/C13H14ClNO2/c1-8(2)7-17-12-6-11(16)9-4-3-5-10(14)13(9)15-12/h3-6,8H,7H2,1-2H3,(H,15,16). The van der Waals surface area contributed by atoms with Gasteiger partial charge in [-0.3, -0.25) is 0 Å². The summed E-state index contributed by atoms with van der Waals surface area (Å²) in [6, 6.07) is 6.81. The SMILES string of the molecule is CC(C)COc1cc(O)c2cccc(Cl)c2n1. The lowest BCUT2D eigenvalue weighted by Gasteiger charge is -2.10. The summed E-state index contributed by atoms with van der Waals surface area (Å²) in [6.07, 6.45) is 0. The largest absolute Gasteiger partial charge is 0.507 e. The van der Waals surface area contributed by atoms with Crippen LogP contribution in [0, 0.1) is 5.92 Å². The van der Waals surface area contributed by atoms with Crippen LogP contribution in [0.15, 0.2) is 24.3 Å². The number of halogens is 1. The molecule has 0 aliphatic heterocycles. The molecular weight excluding hydrogens is 238 g/mol. The maximum absolute atomic E-state index is 9.86. The van der Waals surface area contributed by atoms with Gasteiger partial charge >= 0.3 is 0 Å². The Balaban J connectivity index is 2.43. The topological polar surface area (TPSA) is 42.4 Å². The lowest BCUT2D eigenvalue weighted by molar-refractivity contribution is 0.261. The molecule has 1 aromatic carbocycles. The zero-order valence-electron chi connectivity index (χ0n) is 9.77. The van der Waals surface area contributed by atoms with E-state index in [9.17, 15) is 5.11 Å². The molecule has 1 heterocycles. The Morgan fingerprint density at radius 2 is 2.18 bits per heavy atom. The molecule has 0 saturated heterocycles. The molecule has 0 aliphatic rings. The summed E-state index contributed by atoms with van der Waals surface area (Å²) < 4.78 is 5.48. The van der Waals surface area contributed by atoms with Crippen molar-refractivity contribution >= 4 is 22.5 Å². The third-order valence-corrected chi connectivity index (χ3v) is 2.61.